The molecular formula is C9H13N3O5. The average molecular weight is 246 g/mol. The molecule has 1 aliphatic rings. The van der Waals surface area contributed by atoms with Crippen LogP contribution < -0.4 is 11.4 Å². The first-order valence-corrected chi connectivity index (χ1v) is 5.05. The van der Waals surface area contributed by atoms with Gasteiger partial charge in [-0.25, -0.2) is 4.79 Å². The zero-order valence-corrected chi connectivity index (χ0v) is 8.85. The van der Waals surface area contributed by atoms with E-state index in [-0.39, 0.29) is 24.6 Å². The zero-order chi connectivity index (χ0) is 12.6. The van der Waals surface area contributed by atoms with Crippen LogP contribution >= 0.6 is 0 Å². The zero-order valence-electron chi connectivity index (χ0n) is 8.85. The summed E-state index contributed by atoms with van der Waals surface area (Å²) in [5.41, 5.74) is 4.58. The van der Waals surface area contributed by atoms with Crippen LogP contribution in [0.4, 0.5) is 5.82 Å². The van der Waals surface area contributed by atoms with Crippen molar-refractivity contribution >= 4 is 5.82 Å². The minimum atomic E-state index is -0.864. The second kappa shape index (κ2) is 4.32. The molecule has 2 heterocycles. The van der Waals surface area contributed by atoms with Crippen LogP contribution in [0.3, 0.4) is 0 Å². The number of rotatable bonds is 2. The number of nitrogens with two attached hydrogens (primary N) is 1. The minimum absolute atomic E-state index is 0.135. The molecule has 1 saturated heterocycles. The molecule has 5 N–H and O–H groups in total. The molecule has 3 atom stereocenters. The standard InChI is InChI=1S/C9H13N3O5/c10-8-5(15)2-12(9(16)11-8)7-1-4(14)6(3-13)17-7/h2,4,6-7,13-15H,1,3H2,(H2,10,11,16)/t4-,6+,7+/m0/s1/i9+1,11+1,12+1. The summed E-state index contributed by atoms with van der Waals surface area (Å²) < 4.78 is 6.29. The van der Waals surface area contributed by atoms with Crippen molar-refractivity contribution < 1.29 is 20.1 Å². The molecule has 0 radical (unpaired) electrons. The Labute approximate surface area is 95.9 Å². The van der Waals surface area contributed by atoms with Crippen molar-refractivity contribution in [3.8, 4) is 5.75 Å². The highest BCUT2D eigenvalue weighted by molar-refractivity contribution is 5.41. The highest BCUT2D eigenvalue weighted by Gasteiger charge is 2.35. The summed E-state index contributed by atoms with van der Waals surface area (Å²) >= 11 is 0. The Morgan fingerprint density at radius 2 is 2.35 bits per heavy atom. The van der Waals surface area contributed by atoms with Crippen LogP contribution in [-0.4, -0.2) is 43.7 Å². The van der Waals surface area contributed by atoms with Gasteiger partial charge in [-0.05, 0) is 0 Å². The Hall–Kier alpha value is -1.64. The summed E-state index contributed by atoms with van der Waals surface area (Å²) in [6.45, 7) is -0.346. The summed E-state index contributed by atoms with van der Waals surface area (Å²) in [5.74, 6) is -0.598. The number of aromatic hydroxyl groups is 1. The molecule has 0 amide bonds. The lowest BCUT2D eigenvalue weighted by atomic mass is 10.2. The third-order valence-electron chi connectivity index (χ3n) is 2.66. The molecule has 0 aromatic carbocycles. The van der Waals surface area contributed by atoms with Crippen molar-refractivity contribution in [3.63, 3.8) is 0 Å². The molecule has 94 valence electrons. The van der Waals surface area contributed by atoms with Crippen molar-refractivity contribution in [2.24, 2.45) is 0 Å². The molecule has 2 rings (SSSR count). The molecule has 17 heavy (non-hydrogen) atoms. The van der Waals surface area contributed by atoms with E-state index < -0.39 is 24.1 Å². The summed E-state index contributed by atoms with van der Waals surface area (Å²) in [6, 6.07) is 0. The number of nitrogens with zero attached hydrogens (tertiary/aromatic N) is 2. The van der Waals surface area contributed by atoms with Crippen molar-refractivity contribution in [1.29, 1.82) is 0 Å². The Morgan fingerprint density at radius 1 is 1.65 bits per heavy atom. The topological polar surface area (TPSA) is 131 Å². The lowest BCUT2D eigenvalue weighted by molar-refractivity contribution is -0.0460. The van der Waals surface area contributed by atoms with Crippen molar-refractivity contribution in [2.75, 3.05) is 12.3 Å². The highest BCUT2D eigenvalue weighted by Crippen LogP contribution is 2.28. The van der Waals surface area contributed by atoms with Crippen LogP contribution in [-0.2, 0) is 4.74 Å². The Kier molecular flexibility index (Phi) is 3.01. The lowest BCUT2D eigenvalue weighted by Crippen LogP contribution is -2.28. The second-order valence-electron chi connectivity index (χ2n) is 3.82. The monoisotopic (exact) mass is 246 g/mol. The smallest absolute Gasteiger partial charge is 0.351 e. The average Bonchev–Trinajstić information content (AvgIpc) is 2.65. The summed E-state index contributed by atoms with van der Waals surface area (Å²) in [4.78, 5) is 14.9. The second-order valence-corrected chi connectivity index (χ2v) is 3.82. The molecule has 1 aromatic rings. The summed E-state index contributed by atoms with van der Waals surface area (Å²) in [6.07, 6.45) is -1.14. The van der Waals surface area contributed by atoms with Gasteiger partial charge in [-0.3, -0.25) is 4.57 Å². The van der Waals surface area contributed by atoms with Gasteiger partial charge in [0.2, 0.25) is 0 Å². The van der Waals surface area contributed by atoms with E-state index in [1.807, 2.05) is 0 Å². The number of ether oxygens (including phenoxy) is 1. The maximum absolute atomic E-state index is 11.5. The Bertz CT molecular complexity index is 474. The predicted molar refractivity (Wildman–Crippen MR) is 56.2 cm³/mol. The maximum Gasteiger partial charge on any atom is 0.351 e. The summed E-state index contributed by atoms with van der Waals surface area (Å²) in [5, 5.41) is 27.8. The molecule has 8 nitrogen and oxygen atoms in total. The first kappa shape index (κ1) is 11.8. The fraction of sp³-hybridized carbons (Fsp3) is 0.556. The van der Waals surface area contributed by atoms with Crippen LogP contribution in [0.5, 0.6) is 5.75 Å². The Balaban J connectivity index is 2.30. The molecule has 0 aliphatic carbocycles. The van der Waals surface area contributed by atoms with E-state index >= 15 is 0 Å². The van der Waals surface area contributed by atoms with Crippen molar-refractivity contribution in [2.45, 2.75) is 24.9 Å². The molecule has 1 aliphatic heterocycles. The predicted octanol–water partition coefficient (Wildman–Crippen LogP) is -1.83. The van der Waals surface area contributed by atoms with E-state index in [9.17, 15) is 15.0 Å². The molecular weight excluding hydrogens is 233 g/mol. The van der Waals surface area contributed by atoms with E-state index in [4.69, 9.17) is 15.6 Å². The van der Waals surface area contributed by atoms with Crippen LogP contribution in [0.15, 0.2) is 11.0 Å². The van der Waals surface area contributed by atoms with Gasteiger partial charge < -0.3 is 25.8 Å². The number of hydrogen-bond donors (Lipinski definition) is 4. The van der Waals surface area contributed by atoms with Crippen molar-refractivity contribution in [1.82, 2.24) is 9.55 Å². The minimum Gasteiger partial charge on any atom is -0.503 e. The number of hydrogen-bond acceptors (Lipinski definition) is 7. The molecule has 1 aromatic heterocycles. The third-order valence-corrected chi connectivity index (χ3v) is 2.66. The number of aliphatic hydroxyl groups is 2. The van der Waals surface area contributed by atoms with Gasteiger partial charge in [-0.15, -0.1) is 0 Å². The highest BCUT2D eigenvalue weighted by atomic mass is 16.6. The first-order chi connectivity index (χ1) is 8.02. The molecule has 0 saturated carbocycles. The first-order valence-electron chi connectivity index (χ1n) is 5.05. The van der Waals surface area contributed by atoms with Crippen LogP contribution in [0, 0.1) is 0 Å². The lowest BCUT2D eigenvalue weighted by Gasteiger charge is -2.14. The fourth-order valence-corrected chi connectivity index (χ4v) is 1.73. The molecule has 0 bridgehead atoms. The normalized spacial score (nSPS) is 28.5. The van der Waals surface area contributed by atoms with Gasteiger partial charge >= 0.3 is 5.69 Å². The Morgan fingerprint density at radius 3 is 2.94 bits per heavy atom. The number of anilines is 1. The van der Waals surface area contributed by atoms with Gasteiger partial charge in [0.05, 0.1) is 18.9 Å². The van der Waals surface area contributed by atoms with E-state index in [2.05, 4.69) is 4.98 Å². The van der Waals surface area contributed by atoms with Gasteiger partial charge in [0.15, 0.2) is 11.6 Å². The summed E-state index contributed by atoms with van der Waals surface area (Å²) in [7, 11) is 0. The SMILES string of the molecule is Nc1[15n][13c](=O)[15n]([C@H]2C[C@H](O)[C@@H](CO)O2)cc1O. The number of aromatic nitrogens is 2. The van der Waals surface area contributed by atoms with Crippen molar-refractivity contribution in [3.05, 3.63) is 16.7 Å². The van der Waals surface area contributed by atoms with E-state index in [0.29, 0.717) is 0 Å². The van der Waals surface area contributed by atoms with E-state index in [0.717, 1.165) is 10.8 Å². The van der Waals surface area contributed by atoms with Gasteiger partial charge in [-0.1, -0.05) is 0 Å². The molecule has 0 unspecified atom stereocenters. The van der Waals surface area contributed by atoms with Crippen LogP contribution in [0.1, 0.15) is 12.6 Å². The largest absolute Gasteiger partial charge is 0.503 e. The van der Waals surface area contributed by atoms with Gasteiger partial charge in [0.1, 0.15) is 12.3 Å². The molecule has 0 spiro atoms. The quantitative estimate of drug-likeness (QED) is 0.482. The molecule has 8 heteroatoms. The maximum atomic E-state index is 11.5. The van der Waals surface area contributed by atoms with Gasteiger partial charge in [-0.2, -0.15) is 4.98 Å². The number of aliphatic hydroxyl groups excluding tert-OH is 2. The van der Waals surface area contributed by atoms with Crippen LogP contribution in [0.25, 0.3) is 0 Å². The van der Waals surface area contributed by atoms with E-state index in [1.54, 1.807) is 0 Å². The van der Waals surface area contributed by atoms with Gasteiger partial charge in [0.25, 0.3) is 0 Å². The molecule has 1 fully saturated rings. The fourth-order valence-electron chi connectivity index (χ4n) is 1.73. The van der Waals surface area contributed by atoms with E-state index in [1.165, 1.54) is 0 Å². The van der Waals surface area contributed by atoms with Crippen LogP contribution in [0.2, 0.25) is 0 Å². The van der Waals surface area contributed by atoms with Gasteiger partial charge in [0, 0.05) is 6.42 Å². The number of nitrogen functional groups attached to an aromatic ring is 1. The third kappa shape index (κ3) is 2.09.